The van der Waals surface area contributed by atoms with Gasteiger partial charge in [-0.05, 0) is 40.5 Å². The van der Waals surface area contributed by atoms with Gasteiger partial charge in [0.25, 0.3) is 0 Å². The number of H-pyrrole nitrogens is 1. The molecular weight excluding hydrogens is 338 g/mol. The summed E-state index contributed by atoms with van der Waals surface area (Å²) in [5, 5.41) is 17.3. The fraction of sp³-hybridized carbons (Fsp3) is 0.235. The lowest BCUT2D eigenvalue weighted by Gasteiger charge is -2.22. The highest BCUT2D eigenvalue weighted by atomic mass is 32.2. The van der Waals surface area contributed by atoms with Crippen molar-refractivity contribution >= 4 is 15.5 Å². The van der Waals surface area contributed by atoms with Crippen molar-refractivity contribution in [3.8, 4) is 22.5 Å². The second kappa shape index (κ2) is 5.96. The van der Waals surface area contributed by atoms with E-state index in [0.717, 1.165) is 36.2 Å². The summed E-state index contributed by atoms with van der Waals surface area (Å²) in [7, 11) is -3.45. The molecule has 7 nitrogen and oxygen atoms in total. The number of aromatic nitrogens is 4. The molecule has 4 rings (SSSR count). The van der Waals surface area contributed by atoms with Crippen molar-refractivity contribution in [2.75, 3.05) is 18.1 Å². The Kier molecular flexibility index (Phi) is 3.76. The molecule has 0 saturated heterocycles. The average molecular weight is 355 g/mol. The van der Waals surface area contributed by atoms with E-state index in [0.29, 0.717) is 11.4 Å². The fourth-order valence-electron chi connectivity index (χ4n) is 3.31. The monoisotopic (exact) mass is 355 g/mol. The summed E-state index contributed by atoms with van der Waals surface area (Å²) in [6.07, 6.45) is 3.28. The molecule has 25 heavy (non-hydrogen) atoms. The van der Waals surface area contributed by atoms with E-state index in [1.54, 1.807) is 12.1 Å². The number of para-hydroxylation sites is 1. The van der Waals surface area contributed by atoms with Crippen molar-refractivity contribution in [2.45, 2.75) is 17.7 Å². The van der Waals surface area contributed by atoms with Crippen LogP contribution in [0.4, 0.5) is 5.69 Å². The second-order valence-corrected chi connectivity index (χ2v) is 8.05. The molecule has 0 bridgehead atoms. The Labute approximate surface area is 145 Å². The van der Waals surface area contributed by atoms with E-state index in [2.05, 4.69) is 32.0 Å². The number of fused-ring (bicyclic) bond motifs is 1. The summed E-state index contributed by atoms with van der Waals surface area (Å²) in [6, 6.07) is 11.3. The first-order valence-electron chi connectivity index (χ1n) is 7.99. The molecule has 0 fully saturated rings. The van der Waals surface area contributed by atoms with Gasteiger partial charge in [-0.2, -0.15) is 0 Å². The normalized spacial score (nSPS) is 14.0. The average Bonchev–Trinajstić information content (AvgIpc) is 3.14. The summed E-state index contributed by atoms with van der Waals surface area (Å²) >= 11 is 0. The van der Waals surface area contributed by atoms with E-state index in [-0.39, 0.29) is 4.90 Å². The standard InChI is InChI=1S/C17H17N5O2S/c1-25(23,24)14-9-3-7-12(15(14)17-19-21-22-20-17)13-8-2-5-11-6-4-10-18-16(11)13/h2-3,5,7-9,18H,4,6,10H2,1H3,(H,19,20,21,22). The molecule has 3 aromatic rings. The summed E-state index contributed by atoms with van der Waals surface area (Å²) < 4.78 is 24.6. The predicted octanol–water partition coefficient (Wildman–Crippen LogP) is 2.30. The number of nitrogens with one attached hydrogen (secondary N) is 2. The first-order chi connectivity index (χ1) is 12.1. The molecule has 8 heteroatoms. The molecule has 0 atom stereocenters. The van der Waals surface area contributed by atoms with Gasteiger partial charge in [0.15, 0.2) is 15.7 Å². The minimum Gasteiger partial charge on any atom is -0.384 e. The maximum atomic E-state index is 12.3. The van der Waals surface area contributed by atoms with E-state index in [1.165, 1.54) is 11.8 Å². The first kappa shape index (κ1) is 15.8. The Morgan fingerprint density at radius 3 is 2.64 bits per heavy atom. The molecule has 0 amide bonds. The van der Waals surface area contributed by atoms with Gasteiger partial charge in [0.1, 0.15) is 0 Å². The number of rotatable bonds is 3. The lowest BCUT2D eigenvalue weighted by Crippen LogP contribution is -2.13. The Bertz CT molecular complexity index is 1030. The number of aryl methyl sites for hydroxylation is 1. The van der Waals surface area contributed by atoms with Gasteiger partial charge in [-0.1, -0.05) is 30.3 Å². The molecule has 0 spiro atoms. The van der Waals surface area contributed by atoms with Crippen molar-refractivity contribution in [1.82, 2.24) is 20.6 Å². The molecule has 1 aliphatic rings. The second-order valence-electron chi connectivity index (χ2n) is 6.07. The number of sulfone groups is 1. The van der Waals surface area contributed by atoms with Crippen LogP contribution in [-0.4, -0.2) is 41.8 Å². The van der Waals surface area contributed by atoms with Gasteiger partial charge >= 0.3 is 0 Å². The molecule has 0 saturated carbocycles. The summed E-state index contributed by atoms with van der Waals surface area (Å²) in [5.74, 6) is 0.337. The van der Waals surface area contributed by atoms with E-state index >= 15 is 0 Å². The molecule has 0 aliphatic carbocycles. The number of hydrogen-bond acceptors (Lipinski definition) is 6. The van der Waals surface area contributed by atoms with E-state index < -0.39 is 9.84 Å². The molecule has 2 aromatic carbocycles. The minimum atomic E-state index is -3.45. The van der Waals surface area contributed by atoms with Crippen LogP contribution in [0, 0.1) is 0 Å². The zero-order chi connectivity index (χ0) is 17.4. The Morgan fingerprint density at radius 2 is 1.88 bits per heavy atom. The van der Waals surface area contributed by atoms with Gasteiger partial charge in [0.05, 0.1) is 4.90 Å². The van der Waals surface area contributed by atoms with Crippen molar-refractivity contribution in [2.24, 2.45) is 0 Å². The lowest BCUT2D eigenvalue weighted by atomic mass is 9.92. The largest absolute Gasteiger partial charge is 0.384 e. The van der Waals surface area contributed by atoms with Crippen LogP contribution in [-0.2, 0) is 16.3 Å². The molecule has 2 N–H and O–H groups in total. The van der Waals surface area contributed by atoms with Crippen LogP contribution in [0.15, 0.2) is 41.3 Å². The summed E-state index contributed by atoms with van der Waals surface area (Å²) in [5.41, 5.74) is 4.51. The van der Waals surface area contributed by atoms with Crippen LogP contribution >= 0.6 is 0 Å². The van der Waals surface area contributed by atoms with Crippen LogP contribution in [0.5, 0.6) is 0 Å². The van der Waals surface area contributed by atoms with Crippen molar-refractivity contribution in [1.29, 1.82) is 0 Å². The van der Waals surface area contributed by atoms with Gasteiger partial charge < -0.3 is 5.32 Å². The maximum absolute atomic E-state index is 12.3. The highest BCUT2D eigenvalue weighted by molar-refractivity contribution is 7.90. The molecule has 128 valence electrons. The first-order valence-corrected chi connectivity index (χ1v) is 9.88. The third kappa shape index (κ3) is 2.78. The number of benzene rings is 2. The van der Waals surface area contributed by atoms with Crippen molar-refractivity contribution < 1.29 is 8.42 Å². The van der Waals surface area contributed by atoms with Crippen molar-refractivity contribution in [3.05, 3.63) is 42.0 Å². The minimum absolute atomic E-state index is 0.206. The van der Waals surface area contributed by atoms with E-state index in [4.69, 9.17) is 0 Å². The third-order valence-electron chi connectivity index (χ3n) is 4.37. The molecule has 0 unspecified atom stereocenters. The fourth-order valence-corrected chi connectivity index (χ4v) is 4.21. The zero-order valence-electron chi connectivity index (χ0n) is 13.7. The third-order valence-corrected chi connectivity index (χ3v) is 5.51. The highest BCUT2D eigenvalue weighted by Gasteiger charge is 2.23. The summed E-state index contributed by atoms with van der Waals surface area (Å²) in [4.78, 5) is 0.206. The Morgan fingerprint density at radius 1 is 1.08 bits per heavy atom. The molecular formula is C17H17N5O2S. The van der Waals surface area contributed by atoms with E-state index in [1.807, 2.05) is 18.2 Å². The van der Waals surface area contributed by atoms with Gasteiger partial charge in [0, 0.05) is 29.6 Å². The van der Waals surface area contributed by atoms with Gasteiger partial charge in [-0.15, -0.1) is 5.10 Å². The number of nitrogens with zero attached hydrogens (tertiary/aromatic N) is 3. The maximum Gasteiger partial charge on any atom is 0.181 e. The van der Waals surface area contributed by atoms with Crippen LogP contribution in [0.3, 0.4) is 0 Å². The molecule has 1 aromatic heterocycles. The van der Waals surface area contributed by atoms with Crippen LogP contribution < -0.4 is 5.32 Å². The van der Waals surface area contributed by atoms with Crippen LogP contribution in [0.2, 0.25) is 0 Å². The van der Waals surface area contributed by atoms with Gasteiger partial charge in [0.2, 0.25) is 0 Å². The molecule has 1 aliphatic heterocycles. The zero-order valence-corrected chi connectivity index (χ0v) is 14.5. The summed E-state index contributed by atoms with van der Waals surface area (Å²) in [6.45, 7) is 0.898. The lowest BCUT2D eigenvalue weighted by molar-refractivity contribution is 0.602. The molecule has 0 radical (unpaired) electrons. The number of aromatic amines is 1. The number of tetrazole rings is 1. The predicted molar refractivity (Wildman–Crippen MR) is 95.0 cm³/mol. The number of anilines is 1. The van der Waals surface area contributed by atoms with Crippen molar-refractivity contribution in [3.63, 3.8) is 0 Å². The van der Waals surface area contributed by atoms with E-state index in [9.17, 15) is 8.42 Å². The highest BCUT2D eigenvalue weighted by Crippen LogP contribution is 2.40. The SMILES string of the molecule is CS(=O)(=O)c1cccc(-c2cccc3c2NCCC3)c1-c1nnn[nH]1. The van der Waals surface area contributed by atoms with Gasteiger partial charge in [-0.25, -0.2) is 13.5 Å². The Balaban J connectivity index is 2.04. The number of hydrogen-bond donors (Lipinski definition) is 2. The van der Waals surface area contributed by atoms with Gasteiger partial charge in [-0.3, -0.25) is 0 Å². The van der Waals surface area contributed by atoms with Crippen LogP contribution in [0.25, 0.3) is 22.5 Å². The van der Waals surface area contributed by atoms with Crippen LogP contribution in [0.1, 0.15) is 12.0 Å². The Hall–Kier alpha value is -2.74. The smallest absolute Gasteiger partial charge is 0.181 e. The quantitative estimate of drug-likeness (QED) is 0.748. The molecule has 2 heterocycles. The topological polar surface area (TPSA) is 101 Å².